The fourth-order valence-electron chi connectivity index (χ4n) is 1.48. The van der Waals surface area contributed by atoms with Gasteiger partial charge in [-0.25, -0.2) is 8.78 Å². The zero-order valence-corrected chi connectivity index (χ0v) is 10.3. The Morgan fingerprint density at radius 2 is 1.94 bits per heavy atom. The van der Waals surface area contributed by atoms with Crippen molar-refractivity contribution < 1.29 is 13.5 Å². The summed E-state index contributed by atoms with van der Waals surface area (Å²) in [6.07, 6.45) is -2.36. The molecule has 0 saturated carbocycles. The van der Waals surface area contributed by atoms with Crippen molar-refractivity contribution in [1.82, 2.24) is 0 Å². The molecule has 96 valence electrons. The molecule has 17 heavy (non-hydrogen) atoms. The second kappa shape index (κ2) is 5.70. The standard InChI is InChI=1S/C12H18F2N2O/c1-8(2)17-11-5-9(15)4-10(6-11)16(3)7-12(13)14/h4-6,8,12H,7,15H2,1-3H3. The zero-order valence-electron chi connectivity index (χ0n) is 10.3. The van der Waals surface area contributed by atoms with E-state index >= 15 is 0 Å². The van der Waals surface area contributed by atoms with Crippen LogP contribution in [0.4, 0.5) is 20.2 Å². The molecule has 5 heteroatoms. The van der Waals surface area contributed by atoms with Crippen molar-refractivity contribution in [2.45, 2.75) is 26.4 Å². The van der Waals surface area contributed by atoms with E-state index in [-0.39, 0.29) is 12.6 Å². The third kappa shape index (κ3) is 4.46. The lowest BCUT2D eigenvalue weighted by molar-refractivity contribution is 0.156. The van der Waals surface area contributed by atoms with Crippen molar-refractivity contribution in [3.8, 4) is 5.75 Å². The number of benzene rings is 1. The Hall–Kier alpha value is -1.52. The zero-order chi connectivity index (χ0) is 13.0. The number of halogens is 2. The summed E-state index contributed by atoms with van der Waals surface area (Å²) in [7, 11) is 1.60. The van der Waals surface area contributed by atoms with Gasteiger partial charge >= 0.3 is 0 Å². The Bertz CT molecular complexity index is 370. The molecule has 0 fully saturated rings. The van der Waals surface area contributed by atoms with Gasteiger partial charge in [-0.15, -0.1) is 0 Å². The van der Waals surface area contributed by atoms with Crippen LogP contribution in [-0.4, -0.2) is 26.1 Å². The molecule has 1 rings (SSSR count). The van der Waals surface area contributed by atoms with Gasteiger partial charge in [0.25, 0.3) is 6.43 Å². The average Bonchev–Trinajstić information content (AvgIpc) is 2.14. The van der Waals surface area contributed by atoms with Crippen LogP contribution in [0.15, 0.2) is 18.2 Å². The second-order valence-corrected chi connectivity index (χ2v) is 4.20. The molecule has 0 bridgehead atoms. The van der Waals surface area contributed by atoms with E-state index in [1.165, 1.54) is 4.90 Å². The maximum Gasteiger partial charge on any atom is 0.255 e. The number of rotatable bonds is 5. The van der Waals surface area contributed by atoms with E-state index in [0.29, 0.717) is 17.1 Å². The molecule has 0 aliphatic heterocycles. The number of hydrogen-bond acceptors (Lipinski definition) is 3. The molecule has 0 aromatic heterocycles. The van der Waals surface area contributed by atoms with Gasteiger partial charge in [-0.05, 0) is 19.9 Å². The maximum absolute atomic E-state index is 12.3. The summed E-state index contributed by atoms with van der Waals surface area (Å²) >= 11 is 0. The van der Waals surface area contributed by atoms with Crippen LogP contribution in [0, 0.1) is 0 Å². The highest BCUT2D eigenvalue weighted by atomic mass is 19.3. The van der Waals surface area contributed by atoms with Crippen molar-refractivity contribution in [1.29, 1.82) is 0 Å². The van der Waals surface area contributed by atoms with Gasteiger partial charge in [0.1, 0.15) is 5.75 Å². The molecule has 0 unspecified atom stereocenters. The Kier molecular flexibility index (Phi) is 4.54. The lowest BCUT2D eigenvalue weighted by Crippen LogP contribution is -2.24. The van der Waals surface area contributed by atoms with Crippen molar-refractivity contribution in [3.05, 3.63) is 18.2 Å². The molecule has 1 aromatic carbocycles. The van der Waals surface area contributed by atoms with Crippen LogP contribution in [0.25, 0.3) is 0 Å². The molecule has 0 saturated heterocycles. The van der Waals surface area contributed by atoms with E-state index in [1.807, 2.05) is 13.8 Å². The van der Waals surface area contributed by atoms with Crippen LogP contribution >= 0.6 is 0 Å². The number of alkyl halides is 2. The first-order valence-corrected chi connectivity index (χ1v) is 5.45. The predicted octanol–water partition coefficient (Wildman–Crippen LogP) is 2.76. The maximum atomic E-state index is 12.3. The summed E-state index contributed by atoms with van der Waals surface area (Å²) in [4.78, 5) is 1.45. The number of nitrogens with zero attached hydrogens (tertiary/aromatic N) is 1. The monoisotopic (exact) mass is 244 g/mol. The minimum absolute atomic E-state index is 0.0186. The molecule has 0 aliphatic rings. The lowest BCUT2D eigenvalue weighted by atomic mass is 10.2. The van der Waals surface area contributed by atoms with Gasteiger partial charge in [-0.1, -0.05) is 0 Å². The molecular formula is C12H18F2N2O. The summed E-state index contributed by atoms with van der Waals surface area (Å²) in [5, 5.41) is 0. The highest BCUT2D eigenvalue weighted by Crippen LogP contribution is 2.26. The Labute approximate surface area is 100 Å². The molecule has 0 heterocycles. The fraction of sp³-hybridized carbons (Fsp3) is 0.500. The summed E-state index contributed by atoms with van der Waals surface area (Å²) in [6, 6.07) is 5.04. The number of nitrogens with two attached hydrogens (primary N) is 1. The van der Waals surface area contributed by atoms with E-state index in [0.717, 1.165) is 0 Å². The van der Waals surface area contributed by atoms with E-state index in [4.69, 9.17) is 10.5 Å². The van der Waals surface area contributed by atoms with Gasteiger partial charge in [0, 0.05) is 30.6 Å². The van der Waals surface area contributed by atoms with Crippen LogP contribution in [0.2, 0.25) is 0 Å². The minimum atomic E-state index is -2.38. The Morgan fingerprint density at radius 3 is 2.47 bits per heavy atom. The lowest BCUT2D eigenvalue weighted by Gasteiger charge is -2.20. The quantitative estimate of drug-likeness (QED) is 0.809. The van der Waals surface area contributed by atoms with E-state index in [9.17, 15) is 8.78 Å². The molecule has 0 spiro atoms. The van der Waals surface area contributed by atoms with E-state index in [1.54, 1.807) is 25.2 Å². The van der Waals surface area contributed by atoms with Crippen LogP contribution in [0.5, 0.6) is 5.75 Å². The predicted molar refractivity (Wildman–Crippen MR) is 65.9 cm³/mol. The van der Waals surface area contributed by atoms with Gasteiger partial charge < -0.3 is 15.4 Å². The second-order valence-electron chi connectivity index (χ2n) is 4.20. The first kappa shape index (κ1) is 13.5. The van der Waals surface area contributed by atoms with Gasteiger partial charge in [0.15, 0.2) is 0 Å². The first-order valence-electron chi connectivity index (χ1n) is 5.45. The highest BCUT2D eigenvalue weighted by molar-refractivity contribution is 5.60. The van der Waals surface area contributed by atoms with E-state index in [2.05, 4.69) is 0 Å². The molecule has 3 nitrogen and oxygen atoms in total. The molecule has 0 aliphatic carbocycles. The van der Waals surface area contributed by atoms with Crippen LogP contribution in [0.3, 0.4) is 0 Å². The van der Waals surface area contributed by atoms with Gasteiger partial charge in [0.05, 0.1) is 12.6 Å². The van der Waals surface area contributed by atoms with Crippen molar-refractivity contribution in [2.75, 3.05) is 24.2 Å². The minimum Gasteiger partial charge on any atom is -0.491 e. The topological polar surface area (TPSA) is 38.5 Å². The van der Waals surface area contributed by atoms with Gasteiger partial charge in [-0.2, -0.15) is 0 Å². The molecule has 1 aromatic rings. The molecule has 0 amide bonds. The van der Waals surface area contributed by atoms with Crippen LogP contribution in [-0.2, 0) is 0 Å². The van der Waals surface area contributed by atoms with E-state index < -0.39 is 6.43 Å². The van der Waals surface area contributed by atoms with Gasteiger partial charge in [0.2, 0.25) is 0 Å². The number of ether oxygens (including phenoxy) is 1. The Morgan fingerprint density at radius 1 is 1.29 bits per heavy atom. The largest absolute Gasteiger partial charge is 0.491 e. The smallest absolute Gasteiger partial charge is 0.255 e. The highest BCUT2D eigenvalue weighted by Gasteiger charge is 2.10. The summed E-state index contributed by atoms with van der Waals surface area (Å²) < 4.78 is 30.1. The average molecular weight is 244 g/mol. The third-order valence-electron chi connectivity index (χ3n) is 2.14. The summed E-state index contributed by atoms with van der Waals surface area (Å²) in [5.41, 5.74) is 6.83. The normalized spacial score (nSPS) is 11.0. The number of hydrogen-bond donors (Lipinski definition) is 1. The summed E-state index contributed by atoms with van der Waals surface area (Å²) in [6.45, 7) is 3.46. The molecular weight excluding hydrogens is 226 g/mol. The Balaban J connectivity index is 2.88. The number of nitrogen functional groups attached to an aromatic ring is 1. The third-order valence-corrected chi connectivity index (χ3v) is 2.14. The molecule has 0 radical (unpaired) electrons. The van der Waals surface area contributed by atoms with Crippen LogP contribution < -0.4 is 15.4 Å². The van der Waals surface area contributed by atoms with Crippen molar-refractivity contribution in [3.63, 3.8) is 0 Å². The van der Waals surface area contributed by atoms with Crippen molar-refractivity contribution in [2.24, 2.45) is 0 Å². The summed E-state index contributed by atoms with van der Waals surface area (Å²) in [5.74, 6) is 0.594. The fourth-order valence-corrected chi connectivity index (χ4v) is 1.48. The molecule has 2 N–H and O–H groups in total. The van der Waals surface area contributed by atoms with Gasteiger partial charge in [-0.3, -0.25) is 0 Å². The van der Waals surface area contributed by atoms with Crippen molar-refractivity contribution >= 4 is 11.4 Å². The molecule has 0 atom stereocenters. The van der Waals surface area contributed by atoms with Crippen LogP contribution in [0.1, 0.15) is 13.8 Å². The SMILES string of the molecule is CC(C)Oc1cc(N)cc(N(C)CC(F)F)c1. The first-order chi connectivity index (χ1) is 7.88. The number of anilines is 2.